The van der Waals surface area contributed by atoms with Gasteiger partial charge < -0.3 is 0 Å². The van der Waals surface area contributed by atoms with Crippen LogP contribution < -0.4 is 0 Å². The van der Waals surface area contributed by atoms with Crippen LogP contribution in [0.5, 0.6) is 0 Å². The summed E-state index contributed by atoms with van der Waals surface area (Å²) in [7, 11) is 1.55. The van der Waals surface area contributed by atoms with Gasteiger partial charge in [-0.3, -0.25) is 0 Å². The number of aryl methyl sites for hydroxylation is 1. The van der Waals surface area contributed by atoms with Gasteiger partial charge in [0, 0.05) is 19.6 Å². The van der Waals surface area contributed by atoms with Crippen LogP contribution >= 0.6 is 42.5 Å². The third-order valence-corrected chi connectivity index (χ3v) is 4.57. The van der Waals surface area contributed by atoms with Gasteiger partial charge in [0.2, 0.25) is 0 Å². The van der Waals surface area contributed by atoms with E-state index in [2.05, 4.69) is 31.9 Å². The van der Waals surface area contributed by atoms with Gasteiger partial charge in [0.15, 0.2) is 0 Å². The second-order valence-corrected chi connectivity index (χ2v) is 6.72. The fourth-order valence-electron chi connectivity index (χ4n) is 0.872. The normalized spacial score (nSPS) is 11.7. The molecule has 0 aromatic heterocycles. The van der Waals surface area contributed by atoms with Gasteiger partial charge in [-0.2, -0.15) is 0 Å². The minimum atomic E-state index is -3.68. The fourth-order valence-corrected chi connectivity index (χ4v) is 3.75. The van der Waals surface area contributed by atoms with E-state index in [1.807, 2.05) is 0 Å². The summed E-state index contributed by atoms with van der Waals surface area (Å²) in [4.78, 5) is 0.0843. The van der Waals surface area contributed by atoms with E-state index in [-0.39, 0.29) is 4.90 Å². The molecule has 0 aliphatic carbocycles. The first kappa shape index (κ1) is 11.5. The standard InChI is InChI=1S/C7H5Br2ClO2S/c1-4-2-5(8)3-6(7(4)9)13(10,11)12/h2-3H,1H3. The Morgan fingerprint density at radius 3 is 2.31 bits per heavy atom. The van der Waals surface area contributed by atoms with Crippen molar-refractivity contribution in [3.05, 3.63) is 26.6 Å². The molecule has 6 heteroatoms. The summed E-state index contributed by atoms with van der Waals surface area (Å²) in [6.45, 7) is 1.79. The highest BCUT2D eigenvalue weighted by atomic mass is 79.9. The van der Waals surface area contributed by atoms with Gasteiger partial charge in [-0.15, -0.1) is 0 Å². The first-order valence-corrected chi connectivity index (χ1v) is 7.12. The third kappa shape index (κ3) is 2.68. The van der Waals surface area contributed by atoms with Crippen LogP contribution in [0.15, 0.2) is 26.0 Å². The maximum absolute atomic E-state index is 11.1. The number of rotatable bonds is 1. The predicted molar refractivity (Wildman–Crippen MR) is 59.6 cm³/mol. The van der Waals surface area contributed by atoms with E-state index >= 15 is 0 Å². The lowest BCUT2D eigenvalue weighted by atomic mass is 10.2. The largest absolute Gasteiger partial charge is 0.262 e. The number of hydrogen-bond acceptors (Lipinski definition) is 2. The number of benzene rings is 1. The maximum Gasteiger partial charge on any atom is 0.262 e. The summed E-state index contributed by atoms with van der Waals surface area (Å²) in [5, 5.41) is 0. The van der Waals surface area contributed by atoms with Crippen molar-refractivity contribution in [2.45, 2.75) is 11.8 Å². The second-order valence-electron chi connectivity index (χ2n) is 2.47. The second kappa shape index (κ2) is 3.88. The van der Waals surface area contributed by atoms with Crippen LogP contribution in [-0.4, -0.2) is 8.42 Å². The molecule has 0 N–H and O–H groups in total. The average molecular weight is 348 g/mol. The average Bonchev–Trinajstić information content (AvgIpc) is 1.94. The minimum absolute atomic E-state index is 0.0843. The molecule has 2 nitrogen and oxygen atoms in total. The van der Waals surface area contributed by atoms with Gasteiger partial charge in [-0.05, 0) is 40.5 Å². The maximum atomic E-state index is 11.1. The zero-order chi connectivity index (χ0) is 10.2. The van der Waals surface area contributed by atoms with Crippen molar-refractivity contribution < 1.29 is 8.42 Å². The van der Waals surface area contributed by atoms with Crippen LogP contribution in [0.25, 0.3) is 0 Å². The lowest BCUT2D eigenvalue weighted by Crippen LogP contribution is -1.94. The Bertz CT molecular complexity index is 442. The van der Waals surface area contributed by atoms with Crippen LogP contribution in [0.1, 0.15) is 5.56 Å². The van der Waals surface area contributed by atoms with Crippen molar-refractivity contribution in [2.24, 2.45) is 0 Å². The summed E-state index contributed by atoms with van der Waals surface area (Å²) < 4.78 is 23.3. The van der Waals surface area contributed by atoms with Crippen molar-refractivity contribution in [1.82, 2.24) is 0 Å². The smallest absolute Gasteiger partial charge is 0.207 e. The van der Waals surface area contributed by atoms with Crippen molar-refractivity contribution in [3.63, 3.8) is 0 Å². The van der Waals surface area contributed by atoms with Crippen molar-refractivity contribution >= 4 is 51.6 Å². The molecule has 0 amide bonds. The first-order valence-electron chi connectivity index (χ1n) is 3.22. The molecule has 0 unspecified atom stereocenters. The molecule has 1 rings (SSSR count). The predicted octanol–water partition coefficient (Wildman–Crippen LogP) is 3.45. The summed E-state index contributed by atoms with van der Waals surface area (Å²) in [6.07, 6.45) is 0. The molecule has 0 saturated heterocycles. The van der Waals surface area contributed by atoms with Gasteiger partial charge in [-0.1, -0.05) is 15.9 Å². The molecule has 13 heavy (non-hydrogen) atoms. The Kier molecular flexibility index (Phi) is 3.43. The van der Waals surface area contributed by atoms with Gasteiger partial charge in [0.1, 0.15) is 0 Å². The fraction of sp³-hybridized carbons (Fsp3) is 0.143. The lowest BCUT2D eigenvalue weighted by molar-refractivity contribution is 0.609. The van der Waals surface area contributed by atoms with Crippen molar-refractivity contribution in [3.8, 4) is 0 Å². The van der Waals surface area contributed by atoms with Gasteiger partial charge in [0.25, 0.3) is 9.05 Å². The van der Waals surface area contributed by atoms with Crippen molar-refractivity contribution in [1.29, 1.82) is 0 Å². The molecule has 0 aliphatic rings. The molecule has 0 fully saturated rings. The highest BCUT2D eigenvalue weighted by Crippen LogP contribution is 2.31. The van der Waals surface area contributed by atoms with E-state index in [0.717, 1.165) is 5.56 Å². The molecule has 72 valence electrons. The molecule has 0 heterocycles. The summed E-state index contributed by atoms with van der Waals surface area (Å²) in [6, 6.07) is 3.26. The Morgan fingerprint density at radius 2 is 1.85 bits per heavy atom. The highest BCUT2D eigenvalue weighted by molar-refractivity contribution is 9.11. The minimum Gasteiger partial charge on any atom is -0.207 e. The molecule has 0 radical (unpaired) electrons. The molecule has 1 aromatic carbocycles. The van der Waals surface area contributed by atoms with E-state index in [1.165, 1.54) is 6.07 Å². The van der Waals surface area contributed by atoms with Gasteiger partial charge >= 0.3 is 0 Å². The van der Waals surface area contributed by atoms with Crippen LogP contribution in [0.4, 0.5) is 0 Å². The zero-order valence-electron chi connectivity index (χ0n) is 6.51. The molecular formula is C7H5Br2ClO2S. The molecule has 0 aliphatic heterocycles. The van der Waals surface area contributed by atoms with E-state index in [4.69, 9.17) is 10.7 Å². The van der Waals surface area contributed by atoms with Gasteiger partial charge in [-0.25, -0.2) is 8.42 Å². The summed E-state index contributed by atoms with van der Waals surface area (Å²) in [5.41, 5.74) is 0.814. The topological polar surface area (TPSA) is 34.1 Å². The van der Waals surface area contributed by atoms with Gasteiger partial charge in [0.05, 0.1) is 4.90 Å². The molecule has 1 aromatic rings. The zero-order valence-corrected chi connectivity index (χ0v) is 11.3. The first-order chi connectivity index (χ1) is 5.82. The van der Waals surface area contributed by atoms with E-state index < -0.39 is 9.05 Å². The van der Waals surface area contributed by atoms with Crippen LogP contribution in [-0.2, 0) is 9.05 Å². The Morgan fingerprint density at radius 1 is 1.31 bits per heavy atom. The summed E-state index contributed by atoms with van der Waals surface area (Å²) in [5.74, 6) is 0. The number of halogens is 3. The molecule has 0 bridgehead atoms. The van der Waals surface area contributed by atoms with E-state index in [1.54, 1.807) is 13.0 Å². The van der Waals surface area contributed by atoms with Crippen LogP contribution in [0.2, 0.25) is 0 Å². The third-order valence-electron chi connectivity index (χ3n) is 1.45. The van der Waals surface area contributed by atoms with Crippen LogP contribution in [0, 0.1) is 6.92 Å². The Balaban J connectivity index is 3.56. The monoisotopic (exact) mass is 346 g/mol. The van der Waals surface area contributed by atoms with E-state index in [9.17, 15) is 8.42 Å². The lowest BCUT2D eigenvalue weighted by Gasteiger charge is -2.04. The molecular weight excluding hydrogens is 343 g/mol. The Hall–Kier alpha value is 0.420. The van der Waals surface area contributed by atoms with Crippen molar-refractivity contribution in [2.75, 3.05) is 0 Å². The van der Waals surface area contributed by atoms with Crippen LogP contribution in [0.3, 0.4) is 0 Å². The quantitative estimate of drug-likeness (QED) is 0.729. The summed E-state index contributed by atoms with van der Waals surface area (Å²) >= 11 is 6.36. The van der Waals surface area contributed by atoms with E-state index in [0.29, 0.717) is 8.95 Å². The highest BCUT2D eigenvalue weighted by Gasteiger charge is 2.16. The molecule has 0 atom stereocenters. The Labute approximate surface area is 98.0 Å². The number of hydrogen-bond donors (Lipinski definition) is 0. The SMILES string of the molecule is Cc1cc(Br)cc(S(=O)(=O)Cl)c1Br. The molecule has 0 saturated carbocycles. The molecule has 0 spiro atoms.